The predicted molar refractivity (Wildman–Crippen MR) is 89.3 cm³/mol. The minimum absolute atomic E-state index is 0.343. The van der Waals surface area contributed by atoms with E-state index in [4.69, 9.17) is 10.4 Å². The first kappa shape index (κ1) is 17.7. The van der Waals surface area contributed by atoms with Gasteiger partial charge >= 0.3 is 5.97 Å². The molecule has 116 valence electrons. The molecule has 0 bridgehead atoms. The van der Waals surface area contributed by atoms with Crippen LogP contribution in [0, 0.1) is 11.3 Å². The van der Waals surface area contributed by atoms with Gasteiger partial charge in [0.15, 0.2) is 0 Å². The number of hydrogen-bond donors (Lipinski definition) is 1. The molecule has 1 rings (SSSR count). The van der Waals surface area contributed by atoms with Gasteiger partial charge in [-0.25, -0.2) is 4.79 Å². The predicted octanol–water partition coefficient (Wildman–Crippen LogP) is 4.94. The van der Waals surface area contributed by atoms with E-state index in [9.17, 15) is 4.79 Å². The molecule has 0 atom stereocenters. The van der Waals surface area contributed by atoms with Crippen LogP contribution >= 0.6 is 0 Å². The third kappa shape index (κ3) is 6.41. The molecule has 0 spiro atoms. The number of rotatable bonds is 8. The van der Waals surface area contributed by atoms with E-state index in [1.807, 2.05) is 18.2 Å². The zero-order valence-corrected chi connectivity index (χ0v) is 13.3. The quantitative estimate of drug-likeness (QED) is 0.420. The van der Waals surface area contributed by atoms with Crippen LogP contribution in [0.15, 0.2) is 41.5 Å². The van der Waals surface area contributed by atoms with Crippen LogP contribution in [0.2, 0.25) is 0 Å². The molecule has 0 saturated heterocycles. The lowest BCUT2D eigenvalue weighted by Crippen LogP contribution is -1.97. The summed E-state index contributed by atoms with van der Waals surface area (Å²) in [6.07, 6.45) is 9.20. The van der Waals surface area contributed by atoms with Crippen molar-refractivity contribution in [3.8, 4) is 6.07 Å². The molecule has 0 aliphatic carbocycles. The molecular weight excluding hydrogens is 274 g/mol. The maximum absolute atomic E-state index is 11.0. The number of benzene rings is 1. The first-order chi connectivity index (χ1) is 10.6. The first-order valence-corrected chi connectivity index (χ1v) is 7.69. The average molecular weight is 297 g/mol. The molecule has 1 aromatic carbocycles. The molecule has 0 aromatic heterocycles. The van der Waals surface area contributed by atoms with Crippen molar-refractivity contribution in [1.29, 1.82) is 5.26 Å². The number of carbonyl (C=O) groups is 1. The SMILES string of the molecule is CCCCCCC(=Cc1ccc(C#N)cc1)/C=C(\C)C(=O)O. The van der Waals surface area contributed by atoms with E-state index in [0.29, 0.717) is 11.1 Å². The number of hydrogen-bond acceptors (Lipinski definition) is 2. The van der Waals surface area contributed by atoms with Crippen molar-refractivity contribution >= 4 is 12.0 Å². The molecule has 0 aliphatic rings. The highest BCUT2D eigenvalue weighted by molar-refractivity contribution is 5.86. The van der Waals surface area contributed by atoms with Gasteiger partial charge in [0.1, 0.15) is 0 Å². The standard InChI is InChI=1S/C19H23NO2/c1-3-4-5-6-7-18(12-15(2)19(21)22)13-16-8-10-17(14-20)11-9-16/h8-13H,3-7H2,1-2H3,(H,21,22)/b15-12+,18-13?. The molecule has 3 heteroatoms. The Kier molecular flexibility index (Phi) is 7.70. The topological polar surface area (TPSA) is 61.1 Å². The molecule has 0 amide bonds. The molecule has 3 nitrogen and oxygen atoms in total. The summed E-state index contributed by atoms with van der Waals surface area (Å²) in [6.45, 7) is 3.78. The number of aliphatic carboxylic acids is 1. The van der Waals surface area contributed by atoms with Gasteiger partial charge in [0.25, 0.3) is 0 Å². The van der Waals surface area contributed by atoms with E-state index in [1.54, 1.807) is 25.1 Å². The van der Waals surface area contributed by atoms with Crippen molar-refractivity contribution in [2.24, 2.45) is 0 Å². The van der Waals surface area contributed by atoms with Crippen LogP contribution in [-0.4, -0.2) is 11.1 Å². The number of carboxylic acids is 1. The second-order valence-electron chi connectivity index (χ2n) is 5.40. The number of nitriles is 1. The lowest BCUT2D eigenvalue weighted by molar-refractivity contribution is -0.132. The highest BCUT2D eigenvalue weighted by Gasteiger charge is 2.03. The van der Waals surface area contributed by atoms with Crippen molar-refractivity contribution < 1.29 is 9.90 Å². The van der Waals surface area contributed by atoms with Crippen LogP contribution < -0.4 is 0 Å². The van der Waals surface area contributed by atoms with E-state index in [-0.39, 0.29) is 0 Å². The van der Waals surface area contributed by atoms with Gasteiger partial charge in [-0.1, -0.05) is 44.4 Å². The summed E-state index contributed by atoms with van der Waals surface area (Å²) >= 11 is 0. The first-order valence-electron chi connectivity index (χ1n) is 7.69. The van der Waals surface area contributed by atoms with Crippen LogP contribution in [0.4, 0.5) is 0 Å². The molecule has 0 unspecified atom stereocenters. The molecule has 0 saturated carbocycles. The van der Waals surface area contributed by atoms with Gasteiger partial charge in [-0.15, -0.1) is 0 Å². The van der Waals surface area contributed by atoms with Crippen LogP contribution in [-0.2, 0) is 4.79 Å². The monoisotopic (exact) mass is 297 g/mol. The Morgan fingerprint density at radius 3 is 2.45 bits per heavy atom. The summed E-state index contributed by atoms with van der Waals surface area (Å²) in [5.41, 5.74) is 2.97. The third-order valence-electron chi connectivity index (χ3n) is 3.45. The maximum Gasteiger partial charge on any atom is 0.331 e. The number of nitrogens with zero attached hydrogens (tertiary/aromatic N) is 1. The zero-order chi connectivity index (χ0) is 16.4. The van der Waals surface area contributed by atoms with Crippen molar-refractivity contribution in [3.63, 3.8) is 0 Å². The minimum Gasteiger partial charge on any atom is -0.478 e. The molecule has 0 aliphatic heterocycles. The number of allylic oxidation sites excluding steroid dienone is 2. The molecule has 22 heavy (non-hydrogen) atoms. The largest absolute Gasteiger partial charge is 0.478 e. The van der Waals surface area contributed by atoms with Gasteiger partial charge in [-0.2, -0.15) is 5.26 Å². The lowest BCUT2D eigenvalue weighted by atomic mass is 10.0. The van der Waals surface area contributed by atoms with E-state index >= 15 is 0 Å². The van der Waals surface area contributed by atoms with Gasteiger partial charge in [0, 0.05) is 5.57 Å². The van der Waals surface area contributed by atoms with Gasteiger partial charge in [-0.05, 0) is 49.1 Å². The molecule has 0 radical (unpaired) electrons. The second kappa shape index (κ2) is 9.57. The highest BCUT2D eigenvalue weighted by atomic mass is 16.4. The summed E-state index contributed by atoms with van der Waals surface area (Å²) in [5, 5.41) is 17.9. The number of carboxylic acid groups (broad SMARTS) is 1. The normalized spacial score (nSPS) is 12.0. The fraction of sp³-hybridized carbons (Fsp3) is 0.368. The average Bonchev–Trinajstić information content (AvgIpc) is 2.52. The third-order valence-corrected chi connectivity index (χ3v) is 3.45. The van der Waals surface area contributed by atoms with Crippen molar-refractivity contribution in [3.05, 3.63) is 52.6 Å². The maximum atomic E-state index is 11.0. The van der Waals surface area contributed by atoms with Crippen LogP contribution in [0.3, 0.4) is 0 Å². The summed E-state index contributed by atoms with van der Waals surface area (Å²) in [7, 11) is 0. The summed E-state index contributed by atoms with van der Waals surface area (Å²) < 4.78 is 0. The summed E-state index contributed by atoms with van der Waals surface area (Å²) in [6, 6.07) is 9.40. The fourth-order valence-electron chi connectivity index (χ4n) is 2.15. The Labute approximate surface area is 132 Å². The zero-order valence-electron chi connectivity index (χ0n) is 13.3. The Hall–Kier alpha value is -2.34. The van der Waals surface area contributed by atoms with Crippen LogP contribution in [0.5, 0.6) is 0 Å². The van der Waals surface area contributed by atoms with E-state index in [1.165, 1.54) is 12.8 Å². The van der Waals surface area contributed by atoms with Gasteiger partial charge < -0.3 is 5.11 Å². The van der Waals surface area contributed by atoms with Crippen molar-refractivity contribution in [2.45, 2.75) is 46.0 Å². The Morgan fingerprint density at radius 2 is 1.91 bits per heavy atom. The lowest BCUT2D eigenvalue weighted by Gasteiger charge is -2.05. The van der Waals surface area contributed by atoms with Gasteiger partial charge in [0.05, 0.1) is 11.6 Å². The Balaban J connectivity index is 2.91. The molecular formula is C19H23NO2. The van der Waals surface area contributed by atoms with E-state index in [0.717, 1.165) is 30.4 Å². The molecule has 0 heterocycles. The smallest absolute Gasteiger partial charge is 0.331 e. The molecule has 1 aromatic rings. The summed E-state index contributed by atoms with van der Waals surface area (Å²) in [5.74, 6) is -0.890. The van der Waals surface area contributed by atoms with Crippen molar-refractivity contribution in [1.82, 2.24) is 0 Å². The Bertz CT molecular complexity index is 589. The highest BCUT2D eigenvalue weighted by Crippen LogP contribution is 2.18. The van der Waals surface area contributed by atoms with Crippen molar-refractivity contribution in [2.75, 3.05) is 0 Å². The second-order valence-corrected chi connectivity index (χ2v) is 5.40. The molecule has 0 fully saturated rings. The minimum atomic E-state index is -0.890. The number of unbranched alkanes of at least 4 members (excludes halogenated alkanes) is 3. The Morgan fingerprint density at radius 1 is 1.23 bits per heavy atom. The summed E-state index contributed by atoms with van der Waals surface area (Å²) in [4.78, 5) is 11.0. The van der Waals surface area contributed by atoms with E-state index in [2.05, 4.69) is 13.0 Å². The molecule has 1 N–H and O–H groups in total. The van der Waals surface area contributed by atoms with Crippen LogP contribution in [0.25, 0.3) is 6.08 Å². The van der Waals surface area contributed by atoms with Gasteiger partial charge in [-0.3, -0.25) is 0 Å². The van der Waals surface area contributed by atoms with Gasteiger partial charge in [0.2, 0.25) is 0 Å². The van der Waals surface area contributed by atoms with Crippen LogP contribution in [0.1, 0.15) is 57.1 Å². The fourth-order valence-corrected chi connectivity index (χ4v) is 2.15. The van der Waals surface area contributed by atoms with E-state index < -0.39 is 5.97 Å².